The number of rotatable bonds is 5. The zero-order valence-corrected chi connectivity index (χ0v) is 9.22. The van der Waals surface area contributed by atoms with Gasteiger partial charge in [-0.3, -0.25) is 14.6 Å². The van der Waals surface area contributed by atoms with Gasteiger partial charge in [-0.05, 0) is 6.92 Å². The summed E-state index contributed by atoms with van der Waals surface area (Å²) in [4.78, 5) is 15.1. The molecule has 1 saturated heterocycles. The van der Waals surface area contributed by atoms with Gasteiger partial charge in [0, 0.05) is 32.7 Å². The van der Waals surface area contributed by atoms with E-state index in [0.717, 1.165) is 26.2 Å². The molecule has 1 aliphatic rings. The number of β-amino-alcohol motifs (C(OH)–C–C–N with tert-alkyl or cyclic N) is 1. The monoisotopic (exact) mass is 216 g/mol. The summed E-state index contributed by atoms with van der Waals surface area (Å²) < 4.78 is 0. The summed E-state index contributed by atoms with van der Waals surface area (Å²) in [6.45, 7) is 5.88. The summed E-state index contributed by atoms with van der Waals surface area (Å²) in [5, 5.41) is 18.0. The van der Waals surface area contributed by atoms with Crippen molar-refractivity contribution in [1.29, 1.82) is 0 Å². The molecule has 0 aromatic rings. The van der Waals surface area contributed by atoms with Crippen molar-refractivity contribution in [3.8, 4) is 0 Å². The molecule has 1 aliphatic heterocycles. The number of Topliss-reactive ketones (excluding diaryl/α,β-unsaturated/α-hetero) is 1. The molecule has 0 saturated carbocycles. The number of carbonyl (C=O) groups excluding carboxylic acids is 1. The van der Waals surface area contributed by atoms with Gasteiger partial charge in [0.2, 0.25) is 0 Å². The lowest BCUT2D eigenvalue weighted by atomic mass is 10.2. The summed E-state index contributed by atoms with van der Waals surface area (Å²) >= 11 is 0. The zero-order chi connectivity index (χ0) is 11.3. The molecule has 0 aromatic heterocycles. The second kappa shape index (κ2) is 6.17. The van der Waals surface area contributed by atoms with Crippen LogP contribution in [0.3, 0.4) is 0 Å². The molecule has 1 rings (SSSR count). The van der Waals surface area contributed by atoms with Crippen LogP contribution in [-0.2, 0) is 4.79 Å². The maximum absolute atomic E-state index is 10.9. The molecular weight excluding hydrogens is 196 g/mol. The first-order valence-electron chi connectivity index (χ1n) is 5.35. The average molecular weight is 216 g/mol. The highest BCUT2D eigenvalue weighted by molar-refractivity contribution is 5.77. The van der Waals surface area contributed by atoms with Crippen molar-refractivity contribution in [2.75, 3.05) is 45.9 Å². The maximum atomic E-state index is 10.9. The number of hydrogen-bond donors (Lipinski definition) is 2. The van der Waals surface area contributed by atoms with Crippen LogP contribution in [0.25, 0.3) is 0 Å². The number of hydrogen-bond acceptors (Lipinski definition) is 5. The molecule has 0 radical (unpaired) electrons. The summed E-state index contributed by atoms with van der Waals surface area (Å²) in [6, 6.07) is 0. The van der Waals surface area contributed by atoms with E-state index in [0.29, 0.717) is 13.1 Å². The highest BCUT2D eigenvalue weighted by atomic mass is 16.3. The third-order valence-electron chi connectivity index (χ3n) is 2.59. The molecule has 1 unspecified atom stereocenters. The molecule has 15 heavy (non-hydrogen) atoms. The molecule has 88 valence electrons. The van der Waals surface area contributed by atoms with Crippen LogP contribution in [0.2, 0.25) is 0 Å². The summed E-state index contributed by atoms with van der Waals surface area (Å²) in [7, 11) is 0. The van der Waals surface area contributed by atoms with E-state index < -0.39 is 6.10 Å². The highest BCUT2D eigenvalue weighted by Gasteiger charge is 2.19. The Morgan fingerprint density at radius 3 is 2.27 bits per heavy atom. The fourth-order valence-electron chi connectivity index (χ4n) is 1.80. The SMILES string of the molecule is CC(=O)CN1CCN(CC(O)CO)CC1. The van der Waals surface area contributed by atoms with Gasteiger partial charge in [-0.25, -0.2) is 0 Å². The van der Waals surface area contributed by atoms with Crippen LogP contribution >= 0.6 is 0 Å². The van der Waals surface area contributed by atoms with Crippen LogP contribution in [0.4, 0.5) is 0 Å². The van der Waals surface area contributed by atoms with Gasteiger partial charge in [0.15, 0.2) is 0 Å². The summed E-state index contributed by atoms with van der Waals surface area (Å²) in [6.07, 6.45) is -0.649. The molecule has 5 heteroatoms. The molecule has 2 N–H and O–H groups in total. The second-order valence-electron chi connectivity index (χ2n) is 4.12. The van der Waals surface area contributed by atoms with Crippen molar-refractivity contribution in [3.63, 3.8) is 0 Å². The van der Waals surface area contributed by atoms with E-state index in [-0.39, 0.29) is 12.4 Å². The van der Waals surface area contributed by atoms with Crippen LogP contribution in [-0.4, -0.2) is 77.8 Å². The Labute approximate surface area is 90.3 Å². The Bertz CT molecular complexity index is 203. The van der Waals surface area contributed by atoms with Gasteiger partial charge in [-0.1, -0.05) is 0 Å². The minimum absolute atomic E-state index is 0.187. The third-order valence-corrected chi connectivity index (χ3v) is 2.59. The van der Waals surface area contributed by atoms with Gasteiger partial charge >= 0.3 is 0 Å². The quantitative estimate of drug-likeness (QED) is 0.588. The minimum Gasteiger partial charge on any atom is -0.394 e. The van der Waals surface area contributed by atoms with Crippen LogP contribution < -0.4 is 0 Å². The topological polar surface area (TPSA) is 64.0 Å². The predicted molar refractivity (Wildman–Crippen MR) is 56.7 cm³/mol. The van der Waals surface area contributed by atoms with Crippen molar-refractivity contribution in [1.82, 2.24) is 9.80 Å². The van der Waals surface area contributed by atoms with Crippen molar-refractivity contribution in [2.45, 2.75) is 13.0 Å². The molecule has 1 fully saturated rings. The Hall–Kier alpha value is -0.490. The van der Waals surface area contributed by atoms with E-state index in [1.807, 2.05) is 0 Å². The third kappa shape index (κ3) is 4.70. The van der Waals surface area contributed by atoms with Crippen molar-refractivity contribution in [3.05, 3.63) is 0 Å². The second-order valence-corrected chi connectivity index (χ2v) is 4.12. The normalized spacial score (nSPS) is 21.5. The molecule has 0 aromatic carbocycles. The Morgan fingerprint density at radius 2 is 1.80 bits per heavy atom. The van der Waals surface area contributed by atoms with Gasteiger partial charge in [0.25, 0.3) is 0 Å². The van der Waals surface area contributed by atoms with E-state index in [9.17, 15) is 9.90 Å². The minimum atomic E-state index is -0.649. The molecule has 5 nitrogen and oxygen atoms in total. The van der Waals surface area contributed by atoms with Gasteiger partial charge in [-0.2, -0.15) is 0 Å². The van der Waals surface area contributed by atoms with Crippen molar-refractivity contribution in [2.24, 2.45) is 0 Å². The highest BCUT2D eigenvalue weighted by Crippen LogP contribution is 2.02. The first-order chi connectivity index (χ1) is 7.11. The largest absolute Gasteiger partial charge is 0.394 e. The van der Waals surface area contributed by atoms with E-state index >= 15 is 0 Å². The van der Waals surface area contributed by atoms with Gasteiger partial charge in [0.1, 0.15) is 5.78 Å². The lowest BCUT2D eigenvalue weighted by Crippen LogP contribution is -2.49. The molecule has 0 spiro atoms. The molecule has 0 amide bonds. The van der Waals surface area contributed by atoms with Crippen LogP contribution in [0, 0.1) is 0 Å². The molecule has 1 heterocycles. The van der Waals surface area contributed by atoms with Crippen molar-refractivity contribution < 1.29 is 15.0 Å². The summed E-state index contributed by atoms with van der Waals surface area (Å²) in [5.41, 5.74) is 0. The Balaban J connectivity index is 2.20. The van der Waals surface area contributed by atoms with E-state index in [1.165, 1.54) is 0 Å². The van der Waals surface area contributed by atoms with E-state index in [1.54, 1.807) is 6.92 Å². The fourth-order valence-corrected chi connectivity index (χ4v) is 1.80. The van der Waals surface area contributed by atoms with E-state index in [4.69, 9.17) is 5.11 Å². The van der Waals surface area contributed by atoms with Gasteiger partial charge < -0.3 is 10.2 Å². The average Bonchev–Trinajstić information content (AvgIpc) is 2.20. The number of piperazine rings is 1. The summed E-state index contributed by atoms with van der Waals surface area (Å²) in [5.74, 6) is 0.193. The van der Waals surface area contributed by atoms with Crippen LogP contribution in [0.1, 0.15) is 6.92 Å². The molecule has 0 aliphatic carbocycles. The Morgan fingerprint density at radius 1 is 1.27 bits per heavy atom. The molecule has 1 atom stereocenters. The number of nitrogens with zero attached hydrogens (tertiary/aromatic N) is 2. The first kappa shape index (κ1) is 12.6. The zero-order valence-electron chi connectivity index (χ0n) is 9.22. The van der Waals surface area contributed by atoms with Gasteiger partial charge in [0.05, 0.1) is 19.3 Å². The number of aliphatic hydroxyl groups is 2. The maximum Gasteiger partial charge on any atom is 0.143 e. The number of carbonyl (C=O) groups is 1. The lowest BCUT2D eigenvalue weighted by molar-refractivity contribution is -0.118. The van der Waals surface area contributed by atoms with Crippen LogP contribution in [0.15, 0.2) is 0 Å². The first-order valence-corrected chi connectivity index (χ1v) is 5.35. The smallest absolute Gasteiger partial charge is 0.143 e. The number of aliphatic hydroxyl groups excluding tert-OH is 2. The fraction of sp³-hybridized carbons (Fsp3) is 0.900. The van der Waals surface area contributed by atoms with Crippen LogP contribution in [0.5, 0.6) is 0 Å². The van der Waals surface area contributed by atoms with Gasteiger partial charge in [-0.15, -0.1) is 0 Å². The lowest BCUT2D eigenvalue weighted by Gasteiger charge is -2.34. The Kier molecular flexibility index (Phi) is 5.17. The standard InChI is InChI=1S/C10H20N2O3/c1-9(14)6-11-2-4-12(5-3-11)7-10(15)8-13/h10,13,15H,2-8H2,1H3. The molecular formula is C10H20N2O3. The van der Waals surface area contributed by atoms with Crippen molar-refractivity contribution >= 4 is 5.78 Å². The predicted octanol–water partition coefficient (Wildman–Crippen LogP) is -1.45. The molecule has 0 bridgehead atoms. The van der Waals surface area contributed by atoms with E-state index in [2.05, 4.69) is 9.80 Å². The number of ketones is 1.